The summed E-state index contributed by atoms with van der Waals surface area (Å²) in [7, 11) is 1.96. The molecular weight excluding hydrogens is 236 g/mol. The molecule has 0 saturated heterocycles. The fourth-order valence-corrected chi connectivity index (χ4v) is 2.19. The van der Waals surface area contributed by atoms with Gasteiger partial charge in [0.05, 0.1) is 12.1 Å². The van der Waals surface area contributed by atoms with Crippen LogP contribution in [0.2, 0.25) is 0 Å². The molecule has 1 aliphatic carbocycles. The molecule has 0 bridgehead atoms. The van der Waals surface area contributed by atoms with Crippen LogP contribution in [0.4, 0.5) is 0 Å². The first-order chi connectivity index (χ1) is 9.36. The number of ether oxygens (including phenoxy) is 1. The average Bonchev–Trinajstić information content (AvgIpc) is 3.27. The molecule has 0 spiro atoms. The number of pyridine rings is 1. The fraction of sp³-hybridized carbons (Fsp3) is 0.312. The van der Waals surface area contributed by atoms with Gasteiger partial charge in [-0.15, -0.1) is 0 Å². The van der Waals surface area contributed by atoms with E-state index in [1.807, 2.05) is 31.4 Å². The smallest absolute Gasteiger partial charge is 0.119 e. The number of aromatic nitrogens is 1. The molecule has 0 aliphatic heterocycles. The molecule has 2 aromatic rings. The first-order valence-corrected chi connectivity index (χ1v) is 6.70. The van der Waals surface area contributed by atoms with E-state index >= 15 is 0 Å². The normalized spacial score (nSPS) is 16.1. The molecule has 98 valence electrons. The third kappa shape index (κ3) is 2.93. The molecule has 3 rings (SSSR count). The van der Waals surface area contributed by atoms with Gasteiger partial charge in [0.1, 0.15) is 5.75 Å². The van der Waals surface area contributed by atoms with Crippen LogP contribution in [-0.2, 0) is 0 Å². The van der Waals surface area contributed by atoms with E-state index in [0.717, 1.165) is 5.75 Å². The first-order valence-electron chi connectivity index (χ1n) is 6.70. The van der Waals surface area contributed by atoms with Crippen molar-refractivity contribution in [1.82, 2.24) is 10.3 Å². The number of benzene rings is 1. The van der Waals surface area contributed by atoms with Gasteiger partial charge < -0.3 is 10.1 Å². The number of nitrogens with one attached hydrogen (secondary N) is 1. The number of hydrogen-bond acceptors (Lipinski definition) is 3. The second-order valence-corrected chi connectivity index (χ2v) is 4.89. The summed E-state index contributed by atoms with van der Waals surface area (Å²) in [6, 6.07) is 12.6. The standard InChI is InChI=1S/C16H18N2O/c1-17-16(13-3-2-10-18-11-13)12-4-6-14(7-5-12)19-15-8-9-15/h2-7,10-11,15-17H,8-9H2,1H3. The predicted octanol–water partition coefficient (Wildman–Crippen LogP) is 2.93. The zero-order chi connectivity index (χ0) is 13.1. The molecule has 0 radical (unpaired) electrons. The number of hydrogen-bond donors (Lipinski definition) is 1. The Bertz CT molecular complexity index is 520. The van der Waals surface area contributed by atoms with Crippen LogP contribution in [0.5, 0.6) is 5.75 Å². The van der Waals surface area contributed by atoms with Gasteiger partial charge in [0, 0.05) is 12.4 Å². The van der Waals surface area contributed by atoms with E-state index < -0.39 is 0 Å². The molecule has 1 aromatic carbocycles. The van der Waals surface area contributed by atoms with E-state index in [9.17, 15) is 0 Å². The van der Waals surface area contributed by atoms with Gasteiger partial charge in [0.2, 0.25) is 0 Å². The molecule has 3 heteroatoms. The summed E-state index contributed by atoms with van der Waals surface area (Å²) in [6.45, 7) is 0. The van der Waals surface area contributed by atoms with Crippen LogP contribution in [0.25, 0.3) is 0 Å². The Hall–Kier alpha value is -1.87. The number of nitrogens with zero attached hydrogens (tertiary/aromatic N) is 1. The SMILES string of the molecule is CNC(c1ccc(OC2CC2)cc1)c1cccnc1. The topological polar surface area (TPSA) is 34.1 Å². The molecular formula is C16H18N2O. The van der Waals surface area contributed by atoms with Crippen molar-refractivity contribution in [3.63, 3.8) is 0 Å². The van der Waals surface area contributed by atoms with Crippen molar-refractivity contribution in [1.29, 1.82) is 0 Å². The van der Waals surface area contributed by atoms with Crippen molar-refractivity contribution < 1.29 is 4.74 Å². The lowest BCUT2D eigenvalue weighted by atomic mass is 10.0. The monoisotopic (exact) mass is 254 g/mol. The predicted molar refractivity (Wildman–Crippen MR) is 75.2 cm³/mol. The Kier molecular flexibility index (Phi) is 3.47. The van der Waals surface area contributed by atoms with E-state index in [1.165, 1.54) is 24.0 Å². The summed E-state index contributed by atoms with van der Waals surface area (Å²) in [5.41, 5.74) is 2.39. The van der Waals surface area contributed by atoms with Crippen LogP contribution < -0.4 is 10.1 Å². The lowest BCUT2D eigenvalue weighted by Gasteiger charge is -2.17. The molecule has 19 heavy (non-hydrogen) atoms. The van der Waals surface area contributed by atoms with Crippen molar-refractivity contribution in [3.05, 3.63) is 59.9 Å². The van der Waals surface area contributed by atoms with Gasteiger partial charge in [0.25, 0.3) is 0 Å². The minimum absolute atomic E-state index is 0.170. The molecule has 1 aromatic heterocycles. The maximum atomic E-state index is 5.77. The molecule has 1 aliphatic rings. The Labute approximate surface area is 113 Å². The molecule has 1 unspecified atom stereocenters. The molecule has 1 N–H and O–H groups in total. The highest BCUT2D eigenvalue weighted by Gasteiger charge is 2.23. The van der Waals surface area contributed by atoms with Gasteiger partial charge in [0.15, 0.2) is 0 Å². The van der Waals surface area contributed by atoms with Crippen LogP contribution in [0, 0.1) is 0 Å². The van der Waals surface area contributed by atoms with Gasteiger partial charge in [-0.1, -0.05) is 18.2 Å². The van der Waals surface area contributed by atoms with Crippen molar-refractivity contribution in [2.45, 2.75) is 25.0 Å². The van der Waals surface area contributed by atoms with Gasteiger partial charge in [-0.25, -0.2) is 0 Å². The van der Waals surface area contributed by atoms with Crippen molar-refractivity contribution in [2.24, 2.45) is 0 Å². The number of rotatable bonds is 5. The van der Waals surface area contributed by atoms with Gasteiger partial charge >= 0.3 is 0 Å². The summed E-state index contributed by atoms with van der Waals surface area (Å²) < 4.78 is 5.77. The van der Waals surface area contributed by atoms with Crippen LogP contribution in [0.3, 0.4) is 0 Å². The van der Waals surface area contributed by atoms with Crippen LogP contribution in [0.1, 0.15) is 30.0 Å². The van der Waals surface area contributed by atoms with Crippen molar-refractivity contribution in [2.75, 3.05) is 7.05 Å². The minimum atomic E-state index is 0.170. The molecule has 1 atom stereocenters. The van der Waals surface area contributed by atoms with E-state index in [0.29, 0.717) is 6.10 Å². The molecule has 1 fully saturated rings. The summed E-state index contributed by atoms with van der Waals surface area (Å²) >= 11 is 0. The lowest BCUT2D eigenvalue weighted by molar-refractivity contribution is 0.303. The first kappa shape index (κ1) is 12.2. The van der Waals surface area contributed by atoms with Gasteiger partial charge in [-0.05, 0) is 49.2 Å². The van der Waals surface area contributed by atoms with Crippen molar-refractivity contribution in [3.8, 4) is 5.75 Å². The summed E-state index contributed by atoms with van der Waals surface area (Å²) in [6.07, 6.45) is 6.52. The van der Waals surface area contributed by atoms with Crippen molar-refractivity contribution >= 4 is 0 Å². The van der Waals surface area contributed by atoms with Crippen LogP contribution in [0.15, 0.2) is 48.8 Å². The highest BCUT2D eigenvalue weighted by atomic mass is 16.5. The zero-order valence-electron chi connectivity index (χ0n) is 11.0. The summed E-state index contributed by atoms with van der Waals surface area (Å²) in [5, 5.41) is 3.33. The Morgan fingerprint density at radius 1 is 1.16 bits per heavy atom. The Morgan fingerprint density at radius 2 is 1.95 bits per heavy atom. The quantitative estimate of drug-likeness (QED) is 0.890. The second kappa shape index (κ2) is 5.41. The Morgan fingerprint density at radius 3 is 2.53 bits per heavy atom. The largest absolute Gasteiger partial charge is 0.490 e. The zero-order valence-corrected chi connectivity index (χ0v) is 11.0. The van der Waals surface area contributed by atoms with Gasteiger partial charge in [-0.2, -0.15) is 0 Å². The molecule has 1 heterocycles. The second-order valence-electron chi connectivity index (χ2n) is 4.89. The molecule has 3 nitrogen and oxygen atoms in total. The van der Waals surface area contributed by atoms with Crippen LogP contribution >= 0.6 is 0 Å². The van der Waals surface area contributed by atoms with Crippen LogP contribution in [-0.4, -0.2) is 18.1 Å². The average molecular weight is 254 g/mol. The fourth-order valence-electron chi connectivity index (χ4n) is 2.19. The highest BCUT2D eigenvalue weighted by molar-refractivity contribution is 5.34. The lowest BCUT2D eigenvalue weighted by Crippen LogP contribution is -2.17. The maximum Gasteiger partial charge on any atom is 0.119 e. The molecule has 0 amide bonds. The van der Waals surface area contributed by atoms with E-state index in [4.69, 9.17) is 4.74 Å². The van der Waals surface area contributed by atoms with E-state index in [2.05, 4.69) is 28.5 Å². The van der Waals surface area contributed by atoms with Gasteiger partial charge in [-0.3, -0.25) is 4.98 Å². The van der Waals surface area contributed by atoms with E-state index in [-0.39, 0.29) is 6.04 Å². The van der Waals surface area contributed by atoms with E-state index in [1.54, 1.807) is 6.20 Å². The third-order valence-electron chi connectivity index (χ3n) is 3.35. The summed E-state index contributed by atoms with van der Waals surface area (Å²) in [5.74, 6) is 0.965. The summed E-state index contributed by atoms with van der Waals surface area (Å²) in [4.78, 5) is 4.18. The Balaban J connectivity index is 1.79. The third-order valence-corrected chi connectivity index (χ3v) is 3.35. The highest BCUT2D eigenvalue weighted by Crippen LogP contribution is 2.28. The maximum absolute atomic E-state index is 5.77. The minimum Gasteiger partial charge on any atom is -0.490 e. The molecule has 1 saturated carbocycles.